The number of nitrogens with zero attached hydrogens (tertiary/aromatic N) is 1. The van der Waals surface area contributed by atoms with Crippen molar-refractivity contribution in [2.75, 3.05) is 0 Å². The number of aliphatic imine (C=N–C) groups is 1. The molecule has 0 aliphatic carbocycles. The molecule has 3 aromatic rings. The molecule has 0 aliphatic rings. The number of aryl methyl sites for hydroxylation is 1. The number of furan rings is 1. The molecule has 22 heavy (non-hydrogen) atoms. The van der Waals surface area contributed by atoms with Crippen LogP contribution in [0, 0.1) is 6.92 Å². The van der Waals surface area contributed by atoms with E-state index >= 15 is 0 Å². The molecule has 0 amide bonds. The normalized spacial score (nSPS) is 11.2. The fourth-order valence-corrected chi connectivity index (χ4v) is 2.95. The van der Waals surface area contributed by atoms with Crippen LogP contribution in [0.2, 0.25) is 5.02 Å². The summed E-state index contributed by atoms with van der Waals surface area (Å²) in [6, 6.07) is 17.4. The zero-order valence-electron chi connectivity index (χ0n) is 11.9. The molecule has 3 rings (SSSR count). The lowest BCUT2D eigenvalue weighted by Gasteiger charge is -2.02. The molecule has 4 heteroatoms. The topological polar surface area (TPSA) is 25.5 Å². The van der Waals surface area contributed by atoms with Crippen LogP contribution in [0.15, 0.2) is 68.5 Å². The zero-order chi connectivity index (χ0) is 15.5. The molecule has 0 saturated carbocycles. The van der Waals surface area contributed by atoms with Crippen LogP contribution in [0.4, 0.5) is 5.69 Å². The maximum absolute atomic E-state index is 6.08. The van der Waals surface area contributed by atoms with Crippen molar-refractivity contribution >= 4 is 39.4 Å². The highest BCUT2D eigenvalue weighted by molar-refractivity contribution is 9.10. The van der Waals surface area contributed by atoms with Crippen LogP contribution in [-0.2, 0) is 0 Å². The van der Waals surface area contributed by atoms with Gasteiger partial charge in [0, 0.05) is 10.0 Å². The van der Waals surface area contributed by atoms with Crippen molar-refractivity contribution in [2.24, 2.45) is 4.99 Å². The van der Waals surface area contributed by atoms with Crippen molar-refractivity contribution in [1.82, 2.24) is 0 Å². The Morgan fingerprint density at radius 3 is 2.68 bits per heavy atom. The third-order valence-corrected chi connectivity index (χ3v) is 4.18. The van der Waals surface area contributed by atoms with Gasteiger partial charge in [-0.05, 0) is 48.9 Å². The van der Waals surface area contributed by atoms with Gasteiger partial charge in [-0.1, -0.05) is 45.7 Å². The molecular formula is C18H13BrClNO. The van der Waals surface area contributed by atoms with E-state index in [4.69, 9.17) is 16.0 Å². The Morgan fingerprint density at radius 2 is 1.91 bits per heavy atom. The third-order valence-electron chi connectivity index (χ3n) is 3.20. The summed E-state index contributed by atoms with van der Waals surface area (Å²) in [5.41, 5.74) is 2.93. The van der Waals surface area contributed by atoms with Crippen LogP contribution in [0.5, 0.6) is 0 Å². The fourth-order valence-electron chi connectivity index (χ4n) is 2.08. The monoisotopic (exact) mass is 373 g/mol. The number of benzene rings is 2. The molecule has 1 aromatic heterocycles. The summed E-state index contributed by atoms with van der Waals surface area (Å²) >= 11 is 9.64. The lowest BCUT2D eigenvalue weighted by atomic mass is 10.1. The lowest BCUT2D eigenvalue weighted by Crippen LogP contribution is -1.79. The van der Waals surface area contributed by atoms with E-state index in [1.165, 1.54) is 5.56 Å². The molecule has 0 bridgehead atoms. The molecule has 0 saturated heterocycles. The van der Waals surface area contributed by atoms with E-state index in [-0.39, 0.29) is 0 Å². The molecule has 1 heterocycles. The smallest absolute Gasteiger partial charge is 0.145 e. The highest BCUT2D eigenvalue weighted by atomic mass is 79.9. The molecule has 0 atom stereocenters. The molecular weight excluding hydrogens is 362 g/mol. The summed E-state index contributed by atoms with van der Waals surface area (Å²) in [6.45, 7) is 2.05. The Kier molecular flexibility index (Phi) is 4.46. The SMILES string of the molecule is Cc1ccc(-c2ccc(C=Nc3ccccc3Cl)o2)c(Br)c1. The minimum atomic E-state index is 0.617. The van der Waals surface area contributed by atoms with Gasteiger partial charge in [-0.15, -0.1) is 0 Å². The second-order valence-electron chi connectivity index (χ2n) is 4.89. The van der Waals surface area contributed by atoms with E-state index in [2.05, 4.69) is 40.0 Å². The first kappa shape index (κ1) is 15.1. The number of halogens is 2. The number of hydrogen-bond acceptors (Lipinski definition) is 2. The summed E-state index contributed by atoms with van der Waals surface area (Å²) in [6.07, 6.45) is 1.67. The first-order valence-electron chi connectivity index (χ1n) is 6.78. The number of rotatable bonds is 3. The van der Waals surface area contributed by atoms with E-state index in [1.807, 2.05) is 42.5 Å². The summed E-state index contributed by atoms with van der Waals surface area (Å²) < 4.78 is 6.84. The fraction of sp³-hybridized carbons (Fsp3) is 0.0556. The standard InChI is InChI=1S/C18H13BrClNO/c1-12-6-8-14(15(19)10-12)18-9-7-13(22-18)11-21-17-5-3-2-4-16(17)20/h2-11H,1H3. The maximum Gasteiger partial charge on any atom is 0.145 e. The van der Waals surface area contributed by atoms with Crippen molar-refractivity contribution in [1.29, 1.82) is 0 Å². The van der Waals surface area contributed by atoms with Gasteiger partial charge in [-0.25, -0.2) is 0 Å². The largest absolute Gasteiger partial charge is 0.455 e. The van der Waals surface area contributed by atoms with Crippen LogP contribution < -0.4 is 0 Å². The highest BCUT2D eigenvalue weighted by Crippen LogP contribution is 2.30. The van der Waals surface area contributed by atoms with Crippen molar-refractivity contribution in [3.8, 4) is 11.3 Å². The minimum absolute atomic E-state index is 0.617. The highest BCUT2D eigenvalue weighted by Gasteiger charge is 2.07. The van der Waals surface area contributed by atoms with Crippen molar-refractivity contribution in [3.63, 3.8) is 0 Å². The Balaban J connectivity index is 1.86. The van der Waals surface area contributed by atoms with Crippen LogP contribution in [0.3, 0.4) is 0 Å². The molecule has 0 radical (unpaired) electrons. The van der Waals surface area contributed by atoms with Crippen molar-refractivity contribution < 1.29 is 4.42 Å². The molecule has 0 unspecified atom stereocenters. The summed E-state index contributed by atoms with van der Waals surface area (Å²) in [5, 5.41) is 0.617. The first-order chi connectivity index (χ1) is 10.6. The van der Waals surface area contributed by atoms with Crippen LogP contribution in [0.25, 0.3) is 11.3 Å². The second kappa shape index (κ2) is 6.51. The quantitative estimate of drug-likeness (QED) is 0.485. The second-order valence-corrected chi connectivity index (χ2v) is 6.16. The lowest BCUT2D eigenvalue weighted by molar-refractivity contribution is 0.575. The number of para-hydroxylation sites is 1. The van der Waals surface area contributed by atoms with E-state index in [9.17, 15) is 0 Å². The van der Waals surface area contributed by atoms with Crippen LogP contribution in [-0.4, -0.2) is 6.21 Å². The molecule has 2 nitrogen and oxygen atoms in total. The third kappa shape index (κ3) is 3.32. The molecule has 0 N–H and O–H groups in total. The molecule has 0 fully saturated rings. The molecule has 110 valence electrons. The summed E-state index contributed by atoms with van der Waals surface area (Å²) in [7, 11) is 0. The van der Waals surface area contributed by atoms with E-state index in [0.29, 0.717) is 10.8 Å². The predicted octanol–water partition coefficient (Wildman–Crippen LogP) is 6.42. The summed E-state index contributed by atoms with van der Waals surface area (Å²) in [5.74, 6) is 1.48. The van der Waals surface area contributed by atoms with E-state index in [0.717, 1.165) is 21.5 Å². The van der Waals surface area contributed by atoms with Gasteiger partial charge in [-0.3, -0.25) is 4.99 Å². The van der Waals surface area contributed by atoms with Crippen molar-refractivity contribution in [3.05, 3.63) is 75.4 Å². The average molecular weight is 375 g/mol. The van der Waals surface area contributed by atoms with Gasteiger partial charge in [0.2, 0.25) is 0 Å². The van der Waals surface area contributed by atoms with Crippen molar-refractivity contribution in [2.45, 2.75) is 6.92 Å². The molecule has 0 spiro atoms. The number of hydrogen-bond donors (Lipinski definition) is 0. The van der Waals surface area contributed by atoms with Gasteiger partial charge in [0.25, 0.3) is 0 Å². The first-order valence-corrected chi connectivity index (χ1v) is 7.95. The zero-order valence-corrected chi connectivity index (χ0v) is 14.2. The van der Waals surface area contributed by atoms with Gasteiger partial charge in [0.1, 0.15) is 11.5 Å². The Morgan fingerprint density at radius 1 is 1.09 bits per heavy atom. The van der Waals surface area contributed by atoms with Gasteiger partial charge in [0.15, 0.2) is 0 Å². The molecule has 2 aromatic carbocycles. The molecule has 0 aliphatic heterocycles. The predicted molar refractivity (Wildman–Crippen MR) is 95.3 cm³/mol. The minimum Gasteiger partial charge on any atom is -0.455 e. The van der Waals surface area contributed by atoms with E-state index < -0.39 is 0 Å². The van der Waals surface area contributed by atoms with Gasteiger partial charge < -0.3 is 4.42 Å². The average Bonchev–Trinajstić information content (AvgIpc) is 2.95. The summed E-state index contributed by atoms with van der Waals surface area (Å²) in [4.78, 5) is 4.36. The van der Waals surface area contributed by atoms with E-state index in [1.54, 1.807) is 6.21 Å². The van der Waals surface area contributed by atoms with Gasteiger partial charge in [0.05, 0.1) is 16.9 Å². The maximum atomic E-state index is 6.08. The van der Waals surface area contributed by atoms with Crippen LogP contribution >= 0.6 is 27.5 Å². The Labute approximate surface area is 142 Å². The Bertz CT molecular complexity index is 839. The van der Waals surface area contributed by atoms with Gasteiger partial charge in [-0.2, -0.15) is 0 Å². The van der Waals surface area contributed by atoms with Crippen LogP contribution in [0.1, 0.15) is 11.3 Å². The van der Waals surface area contributed by atoms with Gasteiger partial charge >= 0.3 is 0 Å². The Hall–Kier alpha value is -1.84.